The summed E-state index contributed by atoms with van der Waals surface area (Å²) in [6, 6.07) is 12.0. The van der Waals surface area contributed by atoms with E-state index in [-0.39, 0.29) is 29.0 Å². The first kappa shape index (κ1) is 21.6. The molecule has 10 nitrogen and oxygen atoms in total. The Bertz CT molecular complexity index is 1550. The van der Waals surface area contributed by atoms with E-state index in [1.165, 1.54) is 10.4 Å². The largest absolute Gasteiger partial charge is 0.368 e. The molecule has 0 radical (unpaired) electrons. The molecule has 0 saturated heterocycles. The predicted molar refractivity (Wildman–Crippen MR) is 124 cm³/mol. The van der Waals surface area contributed by atoms with Gasteiger partial charge in [-0.1, -0.05) is 18.2 Å². The summed E-state index contributed by atoms with van der Waals surface area (Å²) in [5, 5.41) is 19.9. The molecule has 5 rings (SSSR count). The molecule has 0 fully saturated rings. The molecule has 34 heavy (non-hydrogen) atoms. The number of aromatic amines is 1. The lowest BCUT2D eigenvalue weighted by atomic mass is 10.0. The van der Waals surface area contributed by atoms with E-state index in [4.69, 9.17) is 11.0 Å². The Labute approximate surface area is 194 Å². The first-order valence-electron chi connectivity index (χ1n) is 10.4. The number of benzene rings is 2. The normalized spacial score (nSPS) is 16.0. The van der Waals surface area contributed by atoms with Gasteiger partial charge in [0.05, 0.1) is 27.7 Å². The highest BCUT2D eigenvalue weighted by Crippen LogP contribution is 2.33. The Hall–Kier alpha value is -4.24. The minimum Gasteiger partial charge on any atom is -0.368 e. The second-order valence-electron chi connectivity index (χ2n) is 7.86. The molecule has 12 heteroatoms. The lowest BCUT2D eigenvalue weighted by molar-refractivity contribution is 0.586. The molecule has 1 aliphatic heterocycles. The number of anilines is 3. The van der Waals surface area contributed by atoms with E-state index in [1.807, 2.05) is 12.1 Å². The van der Waals surface area contributed by atoms with Crippen molar-refractivity contribution in [1.82, 2.24) is 20.2 Å². The molecular formula is C22H19FN8O2S. The second kappa shape index (κ2) is 8.27. The maximum atomic E-state index is 13.8. The zero-order chi connectivity index (χ0) is 23.9. The van der Waals surface area contributed by atoms with E-state index in [9.17, 15) is 12.8 Å². The van der Waals surface area contributed by atoms with Gasteiger partial charge in [0.25, 0.3) is 10.0 Å². The van der Waals surface area contributed by atoms with Crippen LogP contribution in [0.3, 0.4) is 0 Å². The van der Waals surface area contributed by atoms with Gasteiger partial charge in [-0.05, 0) is 42.7 Å². The van der Waals surface area contributed by atoms with Crippen LogP contribution >= 0.6 is 0 Å². The molecule has 2 aromatic carbocycles. The van der Waals surface area contributed by atoms with Crippen LogP contribution in [0, 0.1) is 17.1 Å². The van der Waals surface area contributed by atoms with Crippen LogP contribution in [0.5, 0.6) is 0 Å². The molecule has 4 aromatic rings. The van der Waals surface area contributed by atoms with E-state index >= 15 is 0 Å². The number of fused-ring (bicyclic) bond motifs is 2. The summed E-state index contributed by atoms with van der Waals surface area (Å²) >= 11 is 0. The SMILES string of the molecule is N#Cc1cc(S(=O)(=O)N2CCC(Nc3nc(N)nc4[nH]ncc34)Cc3ccccc32)ccc1F. The lowest BCUT2D eigenvalue weighted by Crippen LogP contribution is -2.33. The summed E-state index contributed by atoms with van der Waals surface area (Å²) in [4.78, 5) is 8.26. The van der Waals surface area contributed by atoms with Crippen molar-refractivity contribution in [3.8, 4) is 6.07 Å². The van der Waals surface area contributed by atoms with E-state index in [2.05, 4.69) is 25.5 Å². The van der Waals surface area contributed by atoms with Crippen LogP contribution in [-0.2, 0) is 16.4 Å². The maximum Gasteiger partial charge on any atom is 0.264 e. The number of nitrogens with one attached hydrogen (secondary N) is 2. The Morgan fingerprint density at radius 1 is 1.24 bits per heavy atom. The maximum absolute atomic E-state index is 13.8. The van der Waals surface area contributed by atoms with Gasteiger partial charge < -0.3 is 11.1 Å². The number of sulfonamides is 1. The van der Waals surface area contributed by atoms with Crippen LogP contribution in [0.1, 0.15) is 17.5 Å². The molecule has 0 amide bonds. The summed E-state index contributed by atoms with van der Waals surface area (Å²) in [5.41, 5.74) is 7.35. The van der Waals surface area contributed by atoms with Crippen LogP contribution in [-0.4, -0.2) is 41.2 Å². The average molecular weight is 479 g/mol. The Morgan fingerprint density at radius 3 is 2.88 bits per heavy atom. The fourth-order valence-electron chi connectivity index (χ4n) is 4.09. The number of nitrogens with two attached hydrogens (primary N) is 1. The zero-order valence-electron chi connectivity index (χ0n) is 17.7. The Kier molecular flexibility index (Phi) is 5.25. The zero-order valence-corrected chi connectivity index (χ0v) is 18.6. The standard InChI is InChI=1S/C22H19FN8O2S/c23-18-6-5-16(10-14(18)11-24)34(32,33)31-8-7-15(9-13-3-1-2-4-19(13)31)27-20-17-12-26-30-21(17)29-22(25)28-20/h1-6,10,12,15H,7-9H2,(H4,25,26,27,28,29,30). The molecule has 1 aliphatic rings. The van der Waals surface area contributed by atoms with Crippen molar-refractivity contribution in [2.75, 3.05) is 21.9 Å². The third-order valence-electron chi connectivity index (χ3n) is 5.72. The number of halogens is 1. The number of hydrogen-bond acceptors (Lipinski definition) is 8. The van der Waals surface area contributed by atoms with Crippen molar-refractivity contribution in [3.63, 3.8) is 0 Å². The summed E-state index contributed by atoms with van der Waals surface area (Å²) in [6.07, 6.45) is 2.57. The van der Waals surface area contributed by atoms with Gasteiger partial charge in [-0.15, -0.1) is 0 Å². The van der Waals surface area contributed by atoms with Crippen molar-refractivity contribution in [2.24, 2.45) is 0 Å². The summed E-state index contributed by atoms with van der Waals surface area (Å²) in [5.74, 6) is -0.175. The number of para-hydroxylation sites is 1. The van der Waals surface area contributed by atoms with Crippen LogP contribution in [0.2, 0.25) is 0 Å². The number of nitrogen functional groups attached to an aromatic ring is 1. The molecule has 1 unspecified atom stereocenters. The smallest absolute Gasteiger partial charge is 0.264 e. The summed E-state index contributed by atoms with van der Waals surface area (Å²) in [6.45, 7) is 0.158. The van der Waals surface area contributed by atoms with Crippen LogP contribution < -0.4 is 15.4 Å². The van der Waals surface area contributed by atoms with Gasteiger partial charge in [-0.3, -0.25) is 9.40 Å². The van der Waals surface area contributed by atoms with Crippen molar-refractivity contribution >= 4 is 38.5 Å². The number of nitriles is 1. The van der Waals surface area contributed by atoms with Crippen LogP contribution in [0.25, 0.3) is 11.0 Å². The minimum absolute atomic E-state index is 0.0853. The van der Waals surface area contributed by atoms with Gasteiger partial charge in [0.15, 0.2) is 5.65 Å². The highest BCUT2D eigenvalue weighted by Gasteiger charge is 2.31. The van der Waals surface area contributed by atoms with Gasteiger partial charge in [-0.25, -0.2) is 12.8 Å². The lowest BCUT2D eigenvalue weighted by Gasteiger charge is -2.24. The van der Waals surface area contributed by atoms with Crippen molar-refractivity contribution < 1.29 is 12.8 Å². The number of hydrogen-bond donors (Lipinski definition) is 3. The Morgan fingerprint density at radius 2 is 2.06 bits per heavy atom. The number of H-pyrrole nitrogens is 1. The molecule has 4 N–H and O–H groups in total. The quantitative estimate of drug-likeness (QED) is 0.404. The first-order valence-corrected chi connectivity index (χ1v) is 11.8. The van der Waals surface area contributed by atoms with Crippen LogP contribution in [0.15, 0.2) is 53.6 Å². The predicted octanol–water partition coefficient (Wildman–Crippen LogP) is 2.57. The Balaban J connectivity index is 1.51. The van der Waals surface area contributed by atoms with Crippen molar-refractivity contribution in [2.45, 2.75) is 23.8 Å². The molecular weight excluding hydrogens is 459 g/mol. The van der Waals surface area contributed by atoms with E-state index in [0.717, 1.165) is 17.7 Å². The molecule has 0 saturated carbocycles. The minimum atomic E-state index is -4.05. The highest BCUT2D eigenvalue weighted by molar-refractivity contribution is 7.92. The monoisotopic (exact) mass is 478 g/mol. The van der Waals surface area contributed by atoms with Crippen molar-refractivity contribution in [3.05, 3.63) is 65.6 Å². The van der Waals surface area contributed by atoms with Gasteiger partial charge in [0.2, 0.25) is 5.95 Å². The number of aromatic nitrogens is 4. The fourth-order valence-corrected chi connectivity index (χ4v) is 5.64. The molecule has 2 aromatic heterocycles. The van der Waals surface area contributed by atoms with Gasteiger partial charge in [-0.2, -0.15) is 20.3 Å². The van der Waals surface area contributed by atoms with Crippen LogP contribution in [0.4, 0.5) is 21.8 Å². The fraction of sp³-hybridized carbons (Fsp3) is 0.182. The number of rotatable bonds is 4. The van der Waals surface area contributed by atoms with Gasteiger partial charge >= 0.3 is 0 Å². The molecule has 3 heterocycles. The van der Waals surface area contributed by atoms with E-state index < -0.39 is 15.8 Å². The molecule has 172 valence electrons. The molecule has 0 bridgehead atoms. The summed E-state index contributed by atoms with van der Waals surface area (Å²) in [7, 11) is -4.05. The molecule has 1 atom stereocenters. The third-order valence-corrected chi connectivity index (χ3v) is 7.53. The third kappa shape index (κ3) is 3.75. The topological polar surface area (TPSA) is 154 Å². The van der Waals surface area contributed by atoms with Gasteiger partial charge in [0.1, 0.15) is 17.7 Å². The average Bonchev–Trinajstić information content (AvgIpc) is 3.20. The van der Waals surface area contributed by atoms with Crippen molar-refractivity contribution in [1.29, 1.82) is 5.26 Å². The second-order valence-corrected chi connectivity index (χ2v) is 9.72. The molecule has 0 spiro atoms. The van der Waals surface area contributed by atoms with E-state index in [0.29, 0.717) is 35.4 Å². The van der Waals surface area contributed by atoms with Gasteiger partial charge in [0, 0.05) is 12.6 Å². The summed E-state index contributed by atoms with van der Waals surface area (Å²) < 4.78 is 42.2. The molecule has 0 aliphatic carbocycles. The highest BCUT2D eigenvalue weighted by atomic mass is 32.2. The van der Waals surface area contributed by atoms with E-state index in [1.54, 1.807) is 24.4 Å². The number of nitrogens with zero attached hydrogens (tertiary/aromatic N) is 5. The first-order chi connectivity index (χ1) is 16.4.